The third-order valence-corrected chi connectivity index (χ3v) is 1.10. The third kappa shape index (κ3) is 2.18. The molecule has 1 aromatic heterocycles. The Morgan fingerprint density at radius 1 is 1.55 bits per heavy atom. The Kier molecular flexibility index (Phi) is 2.34. The molecule has 0 fully saturated rings. The van der Waals surface area contributed by atoms with Crippen molar-refractivity contribution in [1.82, 2.24) is 4.98 Å². The Labute approximate surface area is 63.6 Å². The van der Waals surface area contributed by atoms with Gasteiger partial charge in [-0.15, -0.1) is 0 Å². The van der Waals surface area contributed by atoms with E-state index >= 15 is 0 Å². The van der Waals surface area contributed by atoms with Crippen LogP contribution in [0.15, 0.2) is 24.4 Å². The van der Waals surface area contributed by atoms with Crippen molar-refractivity contribution in [3.63, 3.8) is 0 Å². The van der Waals surface area contributed by atoms with Gasteiger partial charge in [0.05, 0.1) is 6.07 Å². The fraction of sp³-hybridized carbons (Fsp3) is 0. The highest BCUT2D eigenvalue weighted by molar-refractivity contribution is 5.50. The number of hydrogen-bond acceptors (Lipinski definition) is 2. The molecule has 0 atom stereocenters. The molecule has 0 saturated carbocycles. The molecule has 0 aromatic carbocycles. The monoisotopic (exact) mass is 148 g/mol. The van der Waals surface area contributed by atoms with Crippen LogP contribution in [-0.4, -0.2) is 4.98 Å². The van der Waals surface area contributed by atoms with Crippen molar-refractivity contribution < 1.29 is 4.39 Å². The summed E-state index contributed by atoms with van der Waals surface area (Å²) < 4.78 is 12.2. The molecule has 0 bridgehead atoms. The largest absolute Gasteiger partial charge is 0.228 e. The summed E-state index contributed by atoms with van der Waals surface area (Å²) in [4.78, 5) is 3.40. The van der Waals surface area contributed by atoms with E-state index < -0.39 is 5.95 Å². The number of aromatic nitrogens is 1. The molecule has 0 N–H and O–H groups in total. The molecule has 1 heterocycles. The molecule has 0 unspecified atom stereocenters. The fourth-order valence-corrected chi connectivity index (χ4v) is 0.619. The predicted octanol–water partition coefficient (Wildman–Crippen LogP) is 1.76. The molecule has 0 aliphatic carbocycles. The molecule has 3 heteroatoms. The summed E-state index contributed by atoms with van der Waals surface area (Å²) in [6.45, 7) is 0. The summed E-state index contributed by atoms with van der Waals surface area (Å²) in [5.41, 5.74) is 0.716. The quantitative estimate of drug-likeness (QED) is 0.449. The zero-order chi connectivity index (χ0) is 8.10. The summed E-state index contributed by atoms with van der Waals surface area (Å²) >= 11 is 0. The van der Waals surface area contributed by atoms with E-state index in [2.05, 4.69) is 4.98 Å². The maximum atomic E-state index is 12.2. The van der Waals surface area contributed by atoms with Crippen LogP contribution in [0.4, 0.5) is 4.39 Å². The first-order chi connectivity index (χ1) is 5.33. The van der Waals surface area contributed by atoms with E-state index in [1.165, 1.54) is 18.3 Å². The van der Waals surface area contributed by atoms with Crippen LogP contribution in [0.3, 0.4) is 0 Å². The Hall–Kier alpha value is -1.69. The van der Waals surface area contributed by atoms with E-state index in [1.807, 2.05) is 6.07 Å². The van der Waals surface area contributed by atoms with Gasteiger partial charge in [-0.05, 0) is 23.8 Å². The average Bonchev–Trinajstić information content (AvgIpc) is 2.04. The number of halogens is 1. The van der Waals surface area contributed by atoms with Crippen molar-refractivity contribution in [3.8, 4) is 6.07 Å². The molecule has 1 aromatic rings. The molecular formula is C8H5FN2. The van der Waals surface area contributed by atoms with Gasteiger partial charge in [0.15, 0.2) is 0 Å². The van der Waals surface area contributed by atoms with Gasteiger partial charge in [0.2, 0.25) is 5.95 Å². The minimum Gasteiger partial charge on any atom is -0.228 e. The molecule has 0 radical (unpaired) electrons. The number of pyridine rings is 1. The smallest absolute Gasteiger partial charge is 0.212 e. The van der Waals surface area contributed by atoms with Crippen LogP contribution in [0.5, 0.6) is 0 Å². The highest BCUT2D eigenvalue weighted by Crippen LogP contribution is 2.00. The summed E-state index contributed by atoms with van der Waals surface area (Å²) in [7, 11) is 0. The van der Waals surface area contributed by atoms with Gasteiger partial charge >= 0.3 is 0 Å². The van der Waals surface area contributed by atoms with E-state index in [1.54, 1.807) is 12.1 Å². The minimum absolute atomic E-state index is 0.515. The lowest BCUT2D eigenvalue weighted by molar-refractivity contribution is 0.583. The molecule has 1 rings (SSSR count). The highest BCUT2D eigenvalue weighted by atomic mass is 19.1. The summed E-state index contributed by atoms with van der Waals surface area (Å²) in [6.07, 6.45) is 4.24. The predicted molar refractivity (Wildman–Crippen MR) is 38.8 cm³/mol. The van der Waals surface area contributed by atoms with Crippen LogP contribution in [-0.2, 0) is 0 Å². The lowest BCUT2D eigenvalue weighted by atomic mass is 10.3. The van der Waals surface area contributed by atoms with Crippen molar-refractivity contribution in [1.29, 1.82) is 5.26 Å². The molecule has 0 aliphatic rings. The average molecular weight is 148 g/mol. The molecule has 2 nitrogen and oxygen atoms in total. The lowest BCUT2D eigenvalue weighted by Gasteiger charge is -1.88. The maximum Gasteiger partial charge on any atom is 0.212 e. The molecule has 0 saturated heterocycles. The Morgan fingerprint density at radius 2 is 2.36 bits per heavy atom. The Balaban J connectivity index is 2.84. The zero-order valence-corrected chi connectivity index (χ0v) is 5.66. The van der Waals surface area contributed by atoms with Crippen molar-refractivity contribution in [2.75, 3.05) is 0 Å². The molecule has 54 valence electrons. The molecule has 11 heavy (non-hydrogen) atoms. The van der Waals surface area contributed by atoms with E-state index in [9.17, 15) is 4.39 Å². The highest BCUT2D eigenvalue weighted by Gasteiger charge is 1.88. The van der Waals surface area contributed by atoms with Gasteiger partial charge in [-0.1, -0.05) is 0 Å². The molecule has 0 spiro atoms. The van der Waals surface area contributed by atoms with Crippen LogP contribution >= 0.6 is 0 Å². The van der Waals surface area contributed by atoms with E-state index in [0.29, 0.717) is 5.56 Å². The standard InChI is InChI=1S/C8H5FN2/c9-8-4-3-7(6-11-8)2-1-5-10/h1-4,6H. The normalized spacial score (nSPS) is 9.82. The Morgan fingerprint density at radius 3 is 2.91 bits per heavy atom. The van der Waals surface area contributed by atoms with Gasteiger partial charge in [0.25, 0.3) is 0 Å². The number of hydrogen-bond donors (Lipinski definition) is 0. The van der Waals surface area contributed by atoms with Gasteiger partial charge in [0, 0.05) is 12.3 Å². The summed E-state index contributed by atoms with van der Waals surface area (Å²) in [6, 6.07) is 4.63. The van der Waals surface area contributed by atoms with Gasteiger partial charge < -0.3 is 0 Å². The number of nitrogens with zero attached hydrogens (tertiary/aromatic N) is 2. The topological polar surface area (TPSA) is 36.7 Å². The first kappa shape index (κ1) is 7.42. The molecular weight excluding hydrogens is 143 g/mol. The summed E-state index contributed by atoms with van der Waals surface area (Å²) in [5, 5.41) is 8.15. The van der Waals surface area contributed by atoms with E-state index in [4.69, 9.17) is 5.26 Å². The SMILES string of the molecule is N#CC=Cc1ccc(F)nc1. The van der Waals surface area contributed by atoms with Gasteiger partial charge in [-0.3, -0.25) is 0 Å². The number of allylic oxidation sites excluding steroid dienone is 1. The first-order valence-electron chi connectivity index (χ1n) is 3.00. The lowest BCUT2D eigenvalue weighted by Crippen LogP contribution is -1.80. The van der Waals surface area contributed by atoms with Crippen molar-refractivity contribution in [2.24, 2.45) is 0 Å². The minimum atomic E-state index is -0.515. The van der Waals surface area contributed by atoms with Gasteiger partial charge in [0.1, 0.15) is 0 Å². The second-order valence-corrected chi connectivity index (χ2v) is 1.88. The van der Waals surface area contributed by atoms with Crippen LogP contribution < -0.4 is 0 Å². The van der Waals surface area contributed by atoms with E-state index in [0.717, 1.165) is 0 Å². The number of nitriles is 1. The van der Waals surface area contributed by atoms with Crippen molar-refractivity contribution >= 4 is 6.08 Å². The van der Waals surface area contributed by atoms with Crippen LogP contribution in [0.25, 0.3) is 6.08 Å². The molecule has 0 amide bonds. The van der Waals surface area contributed by atoms with Crippen molar-refractivity contribution in [3.05, 3.63) is 35.9 Å². The second-order valence-electron chi connectivity index (χ2n) is 1.88. The second kappa shape index (κ2) is 3.47. The Bertz CT molecular complexity index is 295. The van der Waals surface area contributed by atoms with Crippen LogP contribution in [0.1, 0.15) is 5.56 Å². The first-order valence-corrected chi connectivity index (χ1v) is 3.00. The van der Waals surface area contributed by atoms with Gasteiger partial charge in [-0.25, -0.2) is 4.98 Å². The zero-order valence-electron chi connectivity index (χ0n) is 5.66. The third-order valence-electron chi connectivity index (χ3n) is 1.10. The van der Waals surface area contributed by atoms with Crippen LogP contribution in [0, 0.1) is 17.3 Å². The number of rotatable bonds is 1. The van der Waals surface area contributed by atoms with Crippen molar-refractivity contribution in [2.45, 2.75) is 0 Å². The fourth-order valence-electron chi connectivity index (χ4n) is 0.619. The van der Waals surface area contributed by atoms with E-state index in [-0.39, 0.29) is 0 Å². The van der Waals surface area contributed by atoms with Gasteiger partial charge in [-0.2, -0.15) is 9.65 Å². The van der Waals surface area contributed by atoms with Crippen LogP contribution in [0.2, 0.25) is 0 Å². The molecule has 0 aliphatic heterocycles. The summed E-state index contributed by atoms with van der Waals surface area (Å²) in [5.74, 6) is -0.515. The maximum absolute atomic E-state index is 12.2.